The first-order chi connectivity index (χ1) is 16.9. The summed E-state index contributed by atoms with van der Waals surface area (Å²) in [6, 6.07) is 4.03. The lowest BCUT2D eigenvalue weighted by atomic mass is 10.1. The third-order valence-corrected chi connectivity index (χ3v) is 6.26. The summed E-state index contributed by atoms with van der Waals surface area (Å²) in [4.78, 5) is 47.7. The van der Waals surface area contributed by atoms with Gasteiger partial charge in [0.1, 0.15) is 17.0 Å². The highest BCUT2D eigenvalue weighted by Gasteiger charge is 2.30. The Balaban J connectivity index is 1.54. The van der Waals surface area contributed by atoms with E-state index in [4.69, 9.17) is 11.0 Å². The molecule has 35 heavy (non-hydrogen) atoms. The van der Waals surface area contributed by atoms with E-state index < -0.39 is 11.0 Å². The predicted molar refractivity (Wildman–Crippen MR) is 128 cm³/mol. The molecule has 3 heterocycles. The van der Waals surface area contributed by atoms with Crippen LogP contribution in [0.5, 0.6) is 0 Å². The Morgan fingerprint density at radius 1 is 1.29 bits per heavy atom. The topological polar surface area (TPSA) is 138 Å². The van der Waals surface area contributed by atoms with E-state index in [1.54, 1.807) is 28.0 Å². The highest BCUT2D eigenvalue weighted by atomic mass is 16.6. The lowest BCUT2D eigenvalue weighted by molar-refractivity contribution is -0.384. The number of likely N-dealkylation sites (tertiary alicyclic amines) is 2. The number of nitrogens with one attached hydrogen (secondary N) is 2. The molecule has 0 saturated carbocycles. The van der Waals surface area contributed by atoms with E-state index in [1.165, 1.54) is 6.92 Å². The van der Waals surface area contributed by atoms with Crippen LogP contribution in [0.3, 0.4) is 0 Å². The Morgan fingerprint density at radius 2 is 2.03 bits per heavy atom. The van der Waals surface area contributed by atoms with Crippen LogP contribution in [0.15, 0.2) is 27.6 Å². The van der Waals surface area contributed by atoms with E-state index >= 15 is 0 Å². The van der Waals surface area contributed by atoms with Crippen molar-refractivity contribution < 1.29 is 18.9 Å². The second-order valence-electron chi connectivity index (χ2n) is 8.66. The van der Waals surface area contributed by atoms with Crippen LogP contribution >= 0.6 is 0 Å². The summed E-state index contributed by atoms with van der Waals surface area (Å²) in [7, 11) is 0. The van der Waals surface area contributed by atoms with Crippen LogP contribution < -0.4 is 10.7 Å². The maximum absolute atomic E-state index is 13.2. The molecule has 1 aromatic heterocycles. The van der Waals surface area contributed by atoms with Crippen molar-refractivity contribution in [2.75, 3.05) is 31.5 Å². The van der Waals surface area contributed by atoms with Gasteiger partial charge in [-0.1, -0.05) is 5.43 Å². The Bertz CT molecular complexity index is 1210. The fraction of sp³-hybridized carbons (Fsp3) is 0.478. The van der Waals surface area contributed by atoms with E-state index in [9.17, 15) is 19.7 Å². The van der Waals surface area contributed by atoms with Crippen LogP contribution in [0.1, 0.15) is 37.9 Å². The Morgan fingerprint density at radius 3 is 2.74 bits per heavy atom. The largest absolute Gasteiger partial charge is 0.454 e. The van der Waals surface area contributed by atoms with Gasteiger partial charge in [0.15, 0.2) is 5.76 Å². The summed E-state index contributed by atoms with van der Waals surface area (Å²) in [5.74, 6) is -0.0580. The number of hydrogen-bond acceptors (Lipinski definition) is 6. The molecule has 0 spiro atoms. The molecule has 0 radical (unpaired) electrons. The number of guanidine groups is 1. The molecule has 2 aromatic rings. The van der Waals surface area contributed by atoms with Crippen molar-refractivity contribution in [1.82, 2.24) is 15.2 Å². The molecule has 2 aliphatic heterocycles. The van der Waals surface area contributed by atoms with Gasteiger partial charge in [0.2, 0.25) is 11.8 Å². The molecule has 2 fully saturated rings. The number of rotatable bonds is 5. The van der Waals surface area contributed by atoms with Crippen molar-refractivity contribution >= 4 is 40.1 Å². The van der Waals surface area contributed by atoms with E-state index in [0.29, 0.717) is 29.6 Å². The zero-order valence-electron chi connectivity index (χ0n) is 19.5. The van der Waals surface area contributed by atoms with Gasteiger partial charge < -0.3 is 19.5 Å². The molecule has 0 aliphatic carbocycles. The first kappa shape index (κ1) is 24.0. The van der Waals surface area contributed by atoms with Crippen LogP contribution in [0, 0.1) is 23.6 Å². The molecule has 12 nitrogen and oxygen atoms in total. The minimum absolute atomic E-state index is 0.0318. The number of carbonyl (C=O) groups excluding carboxylic acids is 2. The zero-order valence-corrected chi connectivity index (χ0v) is 19.5. The van der Waals surface area contributed by atoms with Gasteiger partial charge in [-0.15, -0.1) is 0 Å². The van der Waals surface area contributed by atoms with Crippen molar-refractivity contribution in [1.29, 1.82) is 0 Å². The van der Waals surface area contributed by atoms with Gasteiger partial charge in [-0.2, -0.15) is 11.5 Å². The molecule has 1 aromatic carbocycles. The lowest BCUT2D eigenvalue weighted by Gasteiger charge is -2.25. The van der Waals surface area contributed by atoms with Gasteiger partial charge in [0.25, 0.3) is 5.96 Å². The SMILES string of the molecule is [C-]#[N+]NC(=NC1CCCCN(CC(=O)N2CCCC2)C1=O)Nc1ccc2oc(C)c([N+](=O)[O-])c2c1. The molecular formula is C23H27N7O5. The smallest absolute Gasteiger partial charge is 0.317 e. The Hall–Kier alpha value is -4.14. The van der Waals surface area contributed by atoms with Crippen LogP contribution in [0.25, 0.3) is 15.9 Å². The number of aryl methyl sites for hydroxylation is 1. The highest BCUT2D eigenvalue weighted by molar-refractivity contribution is 5.99. The van der Waals surface area contributed by atoms with Gasteiger partial charge in [0.05, 0.1) is 11.5 Å². The van der Waals surface area contributed by atoms with Gasteiger partial charge in [-0.05, 0) is 50.3 Å². The predicted octanol–water partition coefficient (Wildman–Crippen LogP) is 2.84. The second-order valence-corrected chi connectivity index (χ2v) is 8.66. The summed E-state index contributed by atoms with van der Waals surface area (Å²) in [5, 5.41) is 14.7. The van der Waals surface area contributed by atoms with Gasteiger partial charge in [-0.25, -0.2) is 4.99 Å². The second kappa shape index (κ2) is 10.4. The van der Waals surface area contributed by atoms with Crippen molar-refractivity contribution in [2.24, 2.45) is 4.99 Å². The quantitative estimate of drug-likeness (QED) is 0.220. The summed E-state index contributed by atoms with van der Waals surface area (Å²) >= 11 is 0. The molecule has 1 atom stereocenters. The van der Waals surface area contributed by atoms with Crippen molar-refractivity contribution in [3.8, 4) is 0 Å². The third-order valence-electron chi connectivity index (χ3n) is 6.26. The molecule has 184 valence electrons. The average Bonchev–Trinajstić information content (AvgIpc) is 3.43. The molecule has 2 N–H and O–H groups in total. The monoisotopic (exact) mass is 481 g/mol. The van der Waals surface area contributed by atoms with Gasteiger partial charge in [-0.3, -0.25) is 19.7 Å². The molecule has 2 saturated heterocycles. The first-order valence-corrected chi connectivity index (χ1v) is 11.6. The van der Waals surface area contributed by atoms with Crippen molar-refractivity contribution in [3.05, 3.63) is 45.6 Å². The lowest BCUT2D eigenvalue weighted by Crippen LogP contribution is -2.45. The van der Waals surface area contributed by atoms with Crippen molar-refractivity contribution in [2.45, 2.75) is 45.1 Å². The van der Waals surface area contributed by atoms with E-state index in [0.717, 1.165) is 38.8 Å². The van der Waals surface area contributed by atoms with Gasteiger partial charge in [0, 0.05) is 32.2 Å². The maximum atomic E-state index is 13.2. The van der Waals surface area contributed by atoms with Crippen LogP contribution in [0.4, 0.5) is 11.4 Å². The summed E-state index contributed by atoms with van der Waals surface area (Å²) in [5.41, 5.74) is 3.12. The number of fused-ring (bicyclic) bond motifs is 1. The minimum atomic E-state index is -0.755. The Kier molecular flexibility index (Phi) is 7.14. The number of amides is 2. The number of furan rings is 1. The summed E-state index contributed by atoms with van der Waals surface area (Å²) in [6.45, 7) is 10.7. The molecule has 0 bridgehead atoms. The first-order valence-electron chi connectivity index (χ1n) is 11.6. The van der Waals surface area contributed by atoms with Crippen molar-refractivity contribution in [3.63, 3.8) is 0 Å². The van der Waals surface area contributed by atoms with Gasteiger partial charge >= 0.3 is 5.69 Å². The fourth-order valence-corrected chi connectivity index (χ4v) is 4.54. The van der Waals surface area contributed by atoms with E-state index in [1.807, 2.05) is 0 Å². The number of aliphatic imine (C=N–C) groups is 1. The Labute approximate surface area is 201 Å². The summed E-state index contributed by atoms with van der Waals surface area (Å²) in [6.07, 6.45) is 3.98. The summed E-state index contributed by atoms with van der Waals surface area (Å²) < 4.78 is 5.45. The standard InChI is InChI=1S/C23H27N7O5/c1-15-21(30(33)34)17-13-16(8-9-19(17)35-15)25-23(27-24-2)26-18-7-3-4-12-29(22(18)32)14-20(31)28-10-5-6-11-28/h8-9,13,18H,3-7,10-12,14H2,1H3,(H2,25,26,27). The molecular weight excluding hydrogens is 454 g/mol. The maximum Gasteiger partial charge on any atom is 0.317 e. The molecule has 12 heteroatoms. The number of hydrogen-bond donors (Lipinski definition) is 2. The van der Waals surface area contributed by atoms with Crippen LogP contribution in [-0.4, -0.2) is 64.7 Å². The van der Waals surface area contributed by atoms with E-state index in [2.05, 4.69) is 20.7 Å². The van der Waals surface area contributed by atoms with Crippen LogP contribution in [-0.2, 0) is 9.59 Å². The highest BCUT2D eigenvalue weighted by Crippen LogP contribution is 2.34. The van der Waals surface area contributed by atoms with E-state index in [-0.39, 0.29) is 35.8 Å². The van der Waals surface area contributed by atoms with Crippen LogP contribution in [0.2, 0.25) is 0 Å². The fourth-order valence-electron chi connectivity index (χ4n) is 4.54. The molecule has 1 unspecified atom stereocenters. The number of anilines is 1. The minimum Gasteiger partial charge on any atom is -0.454 e. The molecule has 2 aliphatic rings. The number of carbonyl (C=O) groups is 2. The molecule has 2 amide bonds. The zero-order chi connectivity index (χ0) is 24.9. The average molecular weight is 482 g/mol. The normalized spacial score (nSPS) is 18.9. The molecule has 4 rings (SSSR count). The number of nitro groups is 1. The third kappa shape index (κ3) is 5.34. The number of nitrogens with zero attached hydrogens (tertiary/aromatic N) is 5. The number of benzene rings is 1.